The van der Waals surface area contributed by atoms with E-state index in [0.717, 1.165) is 34.2 Å². The lowest BCUT2D eigenvalue weighted by molar-refractivity contribution is 0.569. The Bertz CT molecular complexity index is 651. The predicted molar refractivity (Wildman–Crippen MR) is 66.1 cm³/mol. The lowest BCUT2D eigenvalue weighted by Crippen LogP contribution is -2.02. The summed E-state index contributed by atoms with van der Waals surface area (Å²) in [5.74, 6) is 0.799. The van der Waals surface area contributed by atoms with E-state index in [4.69, 9.17) is 10.2 Å². The Morgan fingerprint density at radius 1 is 1.53 bits per heavy atom. The number of rotatable bonds is 3. The van der Waals surface area contributed by atoms with Crippen LogP contribution in [0.25, 0.3) is 16.4 Å². The van der Waals surface area contributed by atoms with Crippen LogP contribution in [0.3, 0.4) is 0 Å². The largest absolute Gasteiger partial charge is 0.442 e. The van der Waals surface area contributed by atoms with Crippen molar-refractivity contribution in [2.75, 3.05) is 6.54 Å². The van der Waals surface area contributed by atoms with Gasteiger partial charge in [0.25, 0.3) is 0 Å². The van der Waals surface area contributed by atoms with Crippen molar-refractivity contribution in [1.82, 2.24) is 14.4 Å². The number of aromatic nitrogens is 3. The van der Waals surface area contributed by atoms with E-state index >= 15 is 0 Å². The minimum absolute atomic E-state index is 0.613. The summed E-state index contributed by atoms with van der Waals surface area (Å²) in [5, 5.41) is 2.03. The van der Waals surface area contributed by atoms with E-state index in [1.807, 2.05) is 22.9 Å². The lowest BCUT2D eigenvalue weighted by Gasteiger charge is -1.94. The maximum atomic E-state index is 5.53. The molecule has 0 aromatic carbocycles. The van der Waals surface area contributed by atoms with Gasteiger partial charge in [-0.05, 0) is 13.5 Å². The van der Waals surface area contributed by atoms with Crippen molar-refractivity contribution in [3.05, 3.63) is 29.4 Å². The van der Waals surface area contributed by atoms with Crippen LogP contribution < -0.4 is 5.73 Å². The van der Waals surface area contributed by atoms with Gasteiger partial charge in [-0.2, -0.15) is 0 Å². The molecule has 0 atom stereocenters. The molecule has 0 spiro atoms. The molecular weight excluding hydrogens is 236 g/mol. The van der Waals surface area contributed by atoms with Gasteiger partial charge < -0.3 is 10.2 Å². The van der Waals surface area contributed by atoms with Crippen molar-refractivity contribution < 1.29 is 4.42 Å². The SMILES string of the molecule is Cc1ncoc1-c1csc2nc(CCN)cn12. The van der Waals surface area contributed by atoms with Gasteiger partial charge in [0, 0.05) is 18.0 Å². The Labute approximate surface area is 102 Å². The highest BCUT2D eigenvalue weighted by Gasteiger charge is 2.14. The van der Waals surface area contributed by atoms with E-state index in [2.05, 4.69) is 9.97 Å². The maximum Gasteiger partial charge on any atom is 0.194 e. The van der Waals surface area contributed by atoms with E-state index in [9.17, 15) is 0 Å². The first-order valence-corrected chi connectivity index (χ1v) is 6.23. The van der Waals surface area contributed by atoms with E-state index in [-0.39, 0.29) is 0 Å². The Hall–Kier alpha value is -1.66. The van der Waals surface area contributed by atoms with E-state index in [1.54, 1.807) is 11.3 Å². The first kappa shape index (κ1) is 10.5. The predicted octanol–water partition coefficient (Wildman–Crippen LogP) is 1.86. The summed E-state index contributed by atoms with van der Waals surface area (Å²) >= 11 is 1.59. The second-order valence-corrected chi connectivity index (χ2v) is 4.65. The number of hydrogen-bond acceptors (Lipinski definition) is 5. The summed E-state index contributed by atoms with van der Waals surface area (Å²) < 4.78 is 7.44. The highest BCUT2D eigenvalue weighted by Crippen LogP contribution is 2.28. The molecule has 0 fully saturated rings. The molecule has 3 aromatic heterocycles. The quantitative estimate of drug-likeness (QED) is 0.768. The van der Waals surface area contributed by atoms with Crippen molar-refractivity contribution in [1.29, 1.82) is 0 Å². The van der Waals surface area contributed by atoms with E-state index in [1.165, 1.54) is 6.39 Å². The average molecular weight is 248 g/mol. The minimum Gasteiger partial charge on any atom is -0.442 e. The van der Waals surface area contributed by atoms with Crippen LogP contribution >= 0.6 is 11.3 Å². The molecule has 0 saturated carbocycles. The summed E-state index contributed by atoms with van der Waals surface area (Å²) in [4.78, 5) is 9.57. The second kappa shape index (κ2) is 3.97. The fourth-order valence-corrected chi connectivity index (χ4v) is 2.68. The maximum absolute atomic E-state index is 5.53. The molecule has 3 heterocycles. The number of nitrogens with two attached hydrogens (primary N) is 1. The van der Waals surface area contributed by atoms with Crippen LogP contribution in [0.1, 0.15) is 11.4 Å². The molecule has 0 amide bonds. The van der Waals surface area contributed by atoms with Gasteiger partial charge in [0.2, 0.25) is 0 Å². The molecule has 17 heavy (non-hydrogen) atoms. The van der Waals surface area contributed by atoms with Crippen LogP contribution in [-0.2, 0) is 6.42 Å². The Balaban J connectivity index is 2.14. The number of oxazole rings is 1. The number of nitrogens with zero attached hydrogens (tertiary/aromatic N) is 3. The summed E-state index contributed by atoms with van der Waals surface area (Å²) in [6.07, 6.45) is 4.27. The summed E-state index contributed by atoms with van der Waals surface area (Å²) in [6.45, 7) is 2.54. The van der Waals surface area contributed by atoms with Gasteiger partial charge in [0.1, 0.15) is 5.69 Å². The highest BCUT2D eigenvalue weighted by atomic mass is 32.1. The zero-order valence-electron chi connectivity index (χ0n) is 9.38. The molecule has 88 valence electrons. The third kappa shape index (κ3) is 1.65. The van der Waals surface area contributed by atoms with Crippen LogP contribution in [0.2, 0.25) is 0 Å². The van der Waals surface area contributed by atoms with Gasteiger partial charge in [-0.15, -0.1) is 11.3 Å². The van der Waals surface area contributed by atoms with Gasteiger partial charge in [0.15, 0.2) is 17.1 Å². The van der Waals surface area contributed by atoms with Gasteiger partial charge in [0.05, 0.1) is 11.4 Å². The summed E-state index contributed by atoms with van der Waals surface area (Å²) in [7, 11) is 0. The molecule has 5 nitrogen and oxygen atoms in total. The molecule has 6 heteroatoms. The smallest absolute Gasteiger partial charge is 0.194 e. The molecule has 3 aromatic rings. The molecular formula is C11H12N4OS. The highest BCUT2D eigenvalue weighted by molar-refractivity contribution is 7.15. The molecule has 0 aliphatic rings. The molecule has 0 unspecified atom stereocenters. The number of thiazole rings is 1. The number of fused-ring (bicyclic) bond motifs is 1. The van der Waals surface area contributed by atoms with Gasteiger partial charge in [-0.1, -0.05) is 0 Å². The van der Waals surface area contributed by atoms with Crippen molar-refractivity contribution in [3.8, 4) is 11.5 Å². The van der Waals surface area contributed by atoms with Crippen LogP contribution in [0.15, 0.2) is 22.4 Å². The first-order chi connectivity index (χ1) is 8.29. The monoisotopic (exact) mass is 248 g/mol. The number of aryl methyl sites for hydroxylation is 1. The minimum atomic E-state index is 0.613. The first-order valence-electron chi connectivity index (χ1n) is 5.35. The Morgan fingerprint density at radius 2 is 2.41 bits per heavy atom. The zero-order valence-corrected chi connectivity index (χ0v) is 10.2. The molecule has 0 radical (unpaired) electrons. The molecule has 0 saturated heterocycles. The zero-order chi connectivity index (χ0) is 11.8. The van der Waals surface area contributed by atoms with Crippen LogP contribution in [0.5, 0.6) is 0 Å². The van der Waals surface area contributed by atoms with Crippen molar-refractivity contribution in [2.45, 2.75) is 13.3 Å². The Morgan fingerprint density at radius 3 is 3.12 bits per heavy atom. The fraction of sp³-hybridized carbons (Fsp3) is 0.273. The fourth-order valence-electron chi connectivity index (χ4n) is 1.81. The normalized spacial score (nSPS) is 11.4. The van der Waals surface area contributed by atoms with Gasteiger partial charge in [-0.3, -0.25) is 4.40 Å². The second-order valence-electron chi connectivity index (χ2n) is 3.81. The average Bonchev–Trinajstić information content (AvgIpc) is 2.94. The lowest BCUT2D eigenvalue weighted by atomic mass is 10.3. The number of imidazole rings is 1. The molecule has 3 rings (SSSR count). The summed E-state index contributed by atoms with van der Waals surface area (Å²) in [5.41, 5.74) is 8.43. The standard InChI is InChI=1S/C11H12N4OS/c1-7-10(16-6-13-7)9-5-17-11-14-8(2-3-12)4-15(9)11/h4-6H,2-3,12H2,1H3. The van der Waals surface area contributed by atoms with Gasteiger partial charge >= 0.3 is 0 Å². The van der Waals surface area contributed by atoms with Crippen LogP contribution in [0.4, 0.5) is 0 Å². The molecule has 0 bridgehead atoms. The van der Waals surface area contributed by atoms with Crippen molar-refractivity contribution in [2.24, 2.45) is 5.73 Å². The molecule has 0 aliphatic carbocycles. The van der Waals surface area contributed by atoms with E-state index in [0.29, 0.717) is 6.54 Å². The summed E-state index contributed by atoms with van der Waals surface area (Å²) in [6, 6.07) is 0. The van der Waals surface area contributed by atoms with Crippen molar-refractivity contribution in [3.63, 3.8) is 0 Å². The third-order valence-corrected chi connectivity index (χ3v) is 3.48. The van der Waals surface area contributed by atoms with Gasteiger partial charge in [-0.25, -0.2) is 9.97 Å². The van der Waals surface area contributed by atoms with Crippen LogP contribution in [-0.4, -0.2) is 20.9 Å². The number of hydrogen-bond donors (Lipinski definition) is 1. The third-order valence-electron chi connectivity index (χ3n) is 2.64. The molecule has 2 N–H and O–H groups in total. The van der Waals surface area contributed by atoms with Crippen LogP contribution in [0, 0.1) is 6.92 Å². The molecule has 0 aliphatic heterocycles. The van der Waals surface area contributed by atoms with E-state index < -0.39 is 0 Å². The van der Waals surface area contributed by atoms with Crippen molar-refractivity contribution >= 4 is 16.3 Å². The Kier molecular flexibility index (Phi) is 2.45. The topological polar surface area (TPSA) is 69.3 Å².